The van der Waals surface area contributed by atoms with E-state index in [1.807, 2.05) is 31.1 Å². The Morgan fingerprint density at radius 2 is 1.54 bits per heavy atom. The van der Waals surface area contributed by atoms with Crippen molar-refractivity contribution in [3.05, 3.63) is 72.3 Å². The van der Waals surface area contributed by atoms with Crippen LogP contribution in [-0.4, -0.2) is 72.2 Å². The second-order valence-corrected chi connectivity index (χ2v) is 11.8. The Hall–Kier alpha value is -3.67. The third-order valence-electron chi connectivity index (χ3n) is 6.17. The van der Waals surface area contributed by atoms with Crippen molar-refractivity contribution >= 4 is 48.3 Å². The summed E-state index contributed by atoms with van der Waals surface area (Å²) in [6, 6.07) is 18.6. The van der Waals surface area contributed by atoms with Gasteiger partial charge >= 0.3 is 0 Å². The summed E-state index contributed by atoms with van der Waals surface area (Å²) in [5, 5.41) is 0.498. The van der Waals surface area contributed by atoms with Gasteiger partial charge in [0, 0.05) is 25.2 Å². The lowest BCUT2D eigenvalue weighted by molar-refractivity contribution is 0.0985. The monoisotopic (exact) mass is 568 g/mol. The summed E-state index contributed by atoms with van der Waals surface area (Å²) >= 11 is 1.34. The molecule has 0 saturated heterocycles. The van der Waals surface area contributed by atoms with Gasteiger partial charge in [0.2, 0.25) is 0 Å². The molecular formula is C28H32N4O5S2. The Bertz CT molecular complexity index is 1500. The number of fused-ring (bicyclic) bond motifs is 1. The second-order valence-electron chi connectivity index (χ2n) is 8.93. The molecule has 0 radical (unpaired) electrons. The highest BCUT2D eigenvalue weighted by Gasteiger charge is 2.26. The third-order valence-corrected chi connectivity index (χ3v) is 9.18. The minimum atomic E-state index is -3.81. The summed E-state index contributed by atoms with van der Waals surface area (Å²) in [4.78, 5) is 22.2. The Morgan fingerprint density at radius 3 is 2.13 bits per heavy atom. The minimum absolute atomic E-state index is 0.110. The fourth-order valence-electron chi connectivity index (χ4n) is 4.11. The predicted molar refractivity (Wildman–Crippen MR) is 156 cm³/mol. The highest BCUT2D eigenvalue weighted by atomic mass is 32.2. The number of carbonyl (C=O) groups excluding carboxylic acids is 1. The molecule has 1 heterocycles. The van der Waals surface area contributed by atoms with Gasteiger partial charge in [-0.25, -0.2) is 13.4 Å². The zero-order valence-electron chi connectivity index (χ0n) is 22.6. The zero-order chi connectivity index (χ0) is 28.2. The first-order valence-corrected chi connectivity index (χ1v) is 14.6. The molecule has 39 heavy (non-hydrogen) atoms. The minimum Gasteiger partial charge on any atom is -0.495 e. The summed E-state index contributed by atoms with van der Waals surface area (Å²) in [6.45, 7) is 3.04. The maximum atomic E-state index is 13.8. The van der Waals surface area contributed by atoms with Crippen molar-refractivity contribution in [2.45, 2.75) is 11.8 Å². The van der Waals surface area contributed by atoms with Crippen LogP contribution in [-0.2, 0) is 10.0 Å². The van der Waals surface area contributed by atoms with E-state index in [9.17, 15) is 13.2 Å². The molecule has 0 aliphatic heterocycles. The first kappa shape index (κ1) is 28.3. The molecule has 1 amide bonds. The molecule has 0 spiro atoms. The van der Waals surface area contributed by atoms with E-state index in [2.05, 4.69) is 0 Å². The molecule has 4 aromatic rings. The number of nitrogens with zero attached hydrogens (tertiary/aromatic N) is 4. The van der Waals surface area contributed by atoms with Crippen LogP contribution in [0.15, 0.2) is 71.6 Å². The lowest BCUT2D eigenvalue weighted by atomic mass is 10.2. The Labute approximate surface area is 233 Å². The van der Waals surface area contributed by atoms with Crippen molar-refractivity contribution in [2.75, 3.05) is 57.2 Å². The third kappa shape index (κ3) is 5.85. The predicted octanol–water partition coefficient (Wildman–Crippen LogP) is 4.74. The van der Waals surface area contributed by atoms with Gasteiger partial charge in [0.1, 0.15) is 21.7 Å². The van der Waals surface area contributed by atoms with Crippen LogP contribution in [0.2, 0.25) is 0 Å². The van der Waals surface area contributed by atoms with Crippen molar-refractivity contribution in [1.29, 1.82) is 0 Å². The van der Waals surface area contributed by atoms with Crippen LogP contribution in [0.1, 0.15) is 17.3 Å². The molecule has 0 atom stereocenters. The second kappa shape index (κ2) is 12.0. The molecule has 206 valence electrons. The number of ether oxygens (including phenoxy) is 2. The van der Waals surface area contributed by atoms with Gasteiger partial charge in [0.05, 0.1) is 24.8 Å². The number of hydrogen-bond donors (Lipinski definition) is 0. The van der Waals surface area contributed by atoms with Gasteiger partial charge in [0.15, 0.2) is 5.13 Å². The first-order valence-electron chi connectivity index (χ1n) is 12.4. The first-order chi connectivity index (χ1) is 18.7. The van der Waals surface area contributed by atoms with E-state index in [4.69, 9.17) is 14.5 Å². The number of rotatable bonds is 11. The fraction of sp³-hybridized carbons (Fsp3) is 0.286. The number of sulfonamides is 1. The van der Waals surface area contributed by atoms with Crippen LogP contribution in [0.3, 0.4) is 0 Å². The van der Waals surface area contributed by atoms with Crippen LogP contribution >= 0.6 is 11.3 Å². The van der Waals surface area contributed by atoms with E-state index < -0.39 is 10.0 Å². The van der Waals surface area contributed by atoms with Crippen molar-refractivity contribution in [1.82, 2.24) is 9.88 Å². The molecule has 9 nitrogen and oxygen atoms in total. The van der Waals surface area contributed by atoms with E-state index >= 15 is 0 Å². The Morgan fingerprint density at radius 1 is 0.897 bits per heavy atom. The fourth-order valence-corrected chi connectivity index (χ4v) is 6.68. The number of amides is 1. The average Bonchev–Trinajstić information content (AvgIpc) is 3.38. The van der Waals surface area contributed by atoms with Crippen LogP contribution in [0.5, 0.6) is 11.5 Å². The van der Waals surface area contributed by atoms with Crippen molar-refractivity contribution in [2.24, 2.45) is 0 Å². The molecule has 0 fully saturated rings. The van der Waals surface area contributed by atoms with Gasteiger partial charge in [0.25, 0.3) is 15.9 Å². The van der Waals surface area contributed by atoms with E-state index in [1.165, 1.54) is 27.8 Å². The quantitative estimate of drug-likeness (QED) is 0.258. The van der Waals surface area contributed by atoms with Crippen molar-refractivity contribution < 1.29 is 22.7 Å². The van der Waals surface area contributed by atoms with Gasteiger partial charge in [-0.05, 0) is 69.6 Å². The van der Waals surface area contributed by atoms with Gasteiger partial charge in [-0.3, -0.25) is 14.0 Å². The molecule has 0 unspecified atom stereocenters. The summed E-state index contributed by atoms with van der Waals surface area (Å²) in [5.74, 6) is 0.943. The topological polar surface area (TPSA) is 92.3 Å². The highest BCUT2D eigenvalue weighted by Crippen LogP contribution is 2.40. The average molecular weight is 569 g/mol. The van der Waals surface area contributed by atoms with Crippen LogP contribution in [0, 0.1) is 0 Å². The normalized spacial score (nSPS) is 11.5. The summed E-state index contributed by atoms with van der Waals surface area (Å²) < 4.78 is 39.9. The number of aromatic nitrogens is 1. The molecule has 0 saturated carbocycles. The largest absolute Gasteiger partial charge is 0.495 e. The van der Waals surface area contributed by atoms with E-state index in [1.54, 1.807) is 68.5 Å². The van der Waals surface area contributed by atoms with Crippen LogP contribution in [0.25, 0.3) is 10.2 Å². The number of likely N-dealkylation sites (N-methyl/N-ethyl adjacent to an activating group) is 1. The number of thiazole rings is 1. The lowest BCUT2D eigenvalue weighted by Crippen LogP contribution is -2.36. The maximum Gasteiger partial charge on any atom is 0.264 e. The summed E-state index contributed by atoms with van der Waals surface area (Å²) in [5.41, 5.74) is 1.55. The highest BCUT2D eigenvalue weighted by molar-refractivity contribution is 7.92. The molecule has 0 N–H and O–H groups in total. The molecular weight excluding hydrogens is 536 g/mol. The van der Waals surface area contributed by atoms with E-state index in [0.717, 1.165) is 4.70 Å². The molecule has 0 aliphatic rings. The van der Waals surface area contributed by atoms with E-state index in [0.29, 0.717) is 46.5 Å². The molecule has 3 aromatic carbocycles. The molecule has 11 heteroatoms. The number of methoxy groups -OCH3 is 2. The molecule has 1 aromatic heterocycles. The van der Waals surface area contributed by atoms with Gasteiger partial charge in [-0.15, -0.1) is 0 Å². The summed E-state index contributed by atoms with van der Waals surface area (Å²) in [6.07, 6.45) is 0. The summed E-state index contributed by atoms with van der Waals surface area (Å²) in [7, 11) is 3.21. The number of anilines is 2. The molecule has 0 aliphatic carbocycles. The standard InChI is InChI=1S/C28H32N4O5S2/c1-6-32(21-10-8-7-9-11-21)39(34,35)22-14-12-20(13-15-22)27(33)31(19-18-30(2)3)28-29-25-23(36-4)16-17-24(37-5)26(25)38-28/h7-17H,6,18-19H2,1-5H3. The van der Waals surface area contributed by atoms with Crippen LogP contribution < -0.4 is 18.7 Å². The Balaban J connectivity index is 1.69. The van der Waals surface area contributed by atoms with Crippen molar-refractivity contribution in [3.8, 4) is 11.5 Å². The molecule has 0 bridgehead atoms. The molecule has 4 rings (SSSR count). The smallest absolute Gasteiger partial charge is 0.264 e. The van der Waals surface area contributed by atoms with Gasteiger partial charge in [-0.2, -0.15) is 0 Å². The van der Waals surface area contributed by atoms with Gasteiger partial charge < -0.3 is 14.4 Å². The van der Waals surface area contributed by atoms with Crippen molar-refractivity contribution in [3.63, 3.8) is 0 Å². The lowest BCUT2D eigenvalue weighted by Gasteiger charge is -2.24. The maximum absolute atomic E-state index is 13.8. The number of carbonyl (C=O) groups is 1. The number of benzene rings is 3. The number of para-hydroxylation sites is 1. The Kier molecular flexibility index (Phi) is 8.73. The zero-order valence-corrected chi connectivity index (χ0v) is 24.3. The van der Waals surface area contributed by atoms with Crippen LogP contribution in [0.4, 0.5) is 10.8 Å². The SMILES string of the molecule is CCN(c1ccccc1)S(=O)(=O)c1ccc(C(=O)N(CCN(C)C)c2nc3c(OC)ccc(OC)c3s2)cc1. The van der Waals surface area contributed by atoms with Gasteiger partial charge in [-0.1, -0.05) is 29.5 Å². The number of hydrogen-bond acceptors (Lipinski definition) is 8. The van der Waals surface area contributed by atoms with E-state index in [-0.39, 0.29) is 17.3 Å².